The molecule has 0 aromatic heterocycles. The molecule has 9 heteroatoms. The molecule has 0 aromatic carbocycles. The number of amides is 2. The van der Waals surface area contributed by atoms with Crippen LogP contribution in [-0.4, -0.2) is 60.1 Å². The van der Waals surface area contributed by atoms with Gasteiger partial charge in [0.1, 0.15) is 12.0 Å². The second-order valence-corrected chi connectivity index (χ2v) is 7.50. The number of hydrogen-bond acceptors (Lipinski definition) is 6. The lowest BCUT2D eigenvalue weighted by molar-refractivity contribution is -0.193. The van der Waals surface area contributed by atoms with E-state index < -0.39 is 36.0 Å². The van der Waals surface area contributed by atoms with Crippen LogP contribution < -0.4 is 16.0 Å². The molecule has 9 nitrogen and oxygen atoms in total. The molecule has 0 aromatic rings. The Morgan fingerprint density at radius 1 is 1.25 bits per heavy atom. The van der Waals surface area contributed by atoms with Gasteiger partial charge < -0.3 is 25.8 Å². The van der Waals surface area contributed by atoms with Gasteiger partial charge >= 0.3 is 11.9 Å². The Morgan fingerprint density at radius 3 is 2.39 bits per heavy atom. The zero-order chi connectivity index (χ0) is 21.0. The highest BCUT2D eigenvalue weighted by atomic mass is 16.6. The van der Waals surface area contributed by atoms with E-state index in [1.54, 1.807) is 26.1 Å². The van der Waals surface area contributed by atoms with Crippen molar-refractivity contribution < 1.29 is 29.0 Å². The maximum absolute atomic E-state index is 12.5. The summed E-state index contributed by atoms with van der Waals surface area (Å²) in [6, 6.07) is -1.93. The van der Waals surface area contributed by atoms with Crippen LogP contribution in [0.2, 0.25) is 0 Å². The summed E-state index contributed by atoms with van der Waals surface area (Å²) in [5, 5.41) is 17.5. The molecule has 1 saturated heterocycles. The van der Waals surface area contributed by atoms with E-state index in [0.29, 0.717) is 0 Å². The molecule has 0 saturated carbocycles. The highest BCUT2D eigenvalue weighted by molar-refractivity contribution is 5.94. The van der Waals surface area contributed by atoms with Crippen LogP contribution in [0.4, 0.5) is 0 Å². The van der Waals surface area contributed by atoms with Gasteiger partial charge in [0, 0.05) is 5.92 Å². The van der Waals surface area contributed by atoms with Crippen LogP contribution in [0.15, 0.2) is 12.2 Å². The number of cyclic esters (lactones) is 1. The first-order chi connectivity index (χ1) is 13.2. The number of rotatable bonds is 10. The number of hydrogen-bond donors (Lipinski definition) is 4. The number of carbonyl (C=O) groups is 4. The fourth-order valence-electron chi connectivity index (χ4n) is 3.26. The highest BCUT2D eigenvalue weighted by Crippen LogP contribution is 2.32. The van der Waals surface area contributed by atoms with Crippen molar-refractivity contribution in [2.45, 2.75) is 57.8 Å². The van der Waals surface area contributed by atoms with E-state index in [4.69, 9.17) is 4.74 Å². The molecule has 1 fully saturated rings. The fraction of sp³-hybridized carbons (Fsp3) is 0.684. The Hall–Kier alpha value is -2.42. The Bertz CT molecular complexity index is 664. The quantitative estimate of drug-likeness (QED) is 0.298. The molecule has 156 valence electrons. The predicted molar refractivity (Wildman–Crippen MR) is 100 cm³/mol. The van der Waals surface area contributed by atoms with Crippen molar-refractivity contribution in [3.8, 4) is 0 Å². The van der Waals surface area contributed by atoms with E-state index in [1.165, 1.54) is 0 Å². The minimum Gasteiger partial charge on any atom is -0.480 e. The van der Waals surface area contributed by atoms with Crippen LogP contribution in [0.1, 0.15) is 33.6 Å². The minimum atomic E-state index is -1.13. The average Bonchev–Trinajstić information content (AvgIpc) is 2.64. The predicted octanol–water partition coefficient (Wildman–Crippen LogP) is -0.188. The zero-order valence-corrected chi connectivity index (χ0v) is 16.6. The molecular weight excluding hydrogens is 366 g/mol. The van der Waals surface area contributed by atoms with Crippen LogP contribution in [0.3, 0.4) is 0 Å². The van der Waals surface area contributed by atoms with Gasteiger partial charge in [-0.3, -0.25) is 14.4 Å². The van der Waals surface area contributed by atoms with Crippen molar-refractivity contribution in [3.63, 3.8) is 0 Å². The van der Waals surface area contributed by atoms with Gasteiger partial charge in [-0.05, 0) is 26.3 Å². The summed E-state index contributed by atoms with van der Waals surface area (Å²) in [5.41, 5.74) is 0. The second-order valence-electron chi connectivity index (χ2n) is 7.50. The van der Waals surface area contributed by atoms with Gasteiger partial charge in [-0.15, -0.1) is 0 Å². The van der Waals surface area contributed by atoms with Gasteiger partial charge in [-0.1, -0.05) is 32.4 Å². The number of aliphatic carboxylic acids is 1. The molecule has 1 aliphatic carbocycles. The summed E-state index contributed by atoms with van der Waals surface area (Å²) in [6.07, 6.45) is 3.67. The van der Waals surface area contributed by atoms with Crippen LogP contribution in [0.5, 0.6) is 0 Å². The zero-order valence-electron chi connectivity index (χ0n) is 16.6. The number of likely N-dealkylation sites (N-methyl/N-ethyl adjacent to an activating group) is 1. The van der Waals surface area contributed by atoms with Crippen molar-refractivity contribution in [3.05, 3.63) is 12.2 Å². The van der Waals surface area contributed by atoms with E-state index in [2.05, 4.69) is 16.0 Å². The van der Waals surface area contributed by atoms with Gasteiger partial charge in [0.05, 0.1) is 12.1 Å². The normalized spacial score (nSPS) is 28.8. The number of nitrogens with one attached hydrogen (secondary N) is 3. The summed E-state index contributed by atoms with van der Waals surface area (Å²) < 4.78 is 5.02. The van der Waals surface area contributed by atoms with E-state index in [-0.39, 0.29) is 36.2 Å². The first-order valence-electron chi connectivity index (χ1n) is 9.59. The van der Waals surface area contributed by atoms with Gasteiger partial charge in [0.25, 0.3) is 5.91 Å². The van der Waals surface area contributed by atoms with Crippen LogP contribution in [-0.2, 0) is 23.9 Å². The summed E-state index contributed by atoms with van der Waals surface area (Å²) in [4.78, 5) is 47.6. The van der Waals surface area contributed by atoms with Gasteiger partial charge in [-0.2, -0.15) is 0 Å². The number of carboxylic acids is 1. The molecule has 1 heterocycles. The van der Waals surface area contributed by atoms with E-state index in [1.807, 2.05) is 13.8 Å². The molecule has 1 aliphatic heterocycles. The Labute approximate surface area is 164 Å². The van der Waals surface area contributed by atoms with Crippen molar-refractivity contribution in [1.29, 1.82) is 0 Å². The molecule has 28 heavy (non-hydrogen) atoms. The van der Waals surface area contributed by atoms with Gasteiger partial charge in [0.15, 0.2) is 6.10 Å². The van der Waals surface area contributed by atoms with Gasteiger partial charge in [0.2, 0.25) is 5.91 Å². The minimum absolute atomic E-state index is 0.0468. The molecule has 7 atom stereocenters. The molecular formula is C19H29N3O6. The molecule has 2 rings (SSSR count). The third kappa shape index (κ3) is 4.70. The van der Waals surface area contributed by atoms with Crippen molar-refractivity contribution >= 4 is 23.8 Å². The standard InChI is InChI=1S/C19H29N3O6/c1-5-9(2)14-15(28-19(14)27)17(24)21-12-7-6-11(12)8-13(18(25)26)22-16(23)10(3)20-4/h6-7,9-15,20H,5,8H2,1-4H3,(H,21,24)(H,22,23)(H,25,26)/t9-,10-,11+,12-,13-,14-,15+/m0/s1. The number of esters is 1. The van der Waals surface area contributed by atoms with Crippen LogP contribution in [0.25, 0.3) is 0 Å². The van der Waals surface area contributed by atoms with Crippen LogP contribution >= 0.6 is 0 Å². The number of carbonyl (C=O) groups excluding carboxylic acids is 3. The summed E-state index contributed by atoms with van der Waals surface area (Å²) in [7, 11) is 1.61. The average molecular weight is 395 g/mol. The van der Waals surface area contributed by atoms with E-state index in [9.17, 15) is 24.3 Å². The maximum atomic E-state index is 12.5. The van der Waals surface area contributed by atoms with Crippen molar-refractivity contribution in [2.24, 2.45) is 17.8 Å². The largest absolute Gasteiger partial charge is 0.480 e. The smallest absolute Gasteiger partial charge is 0.326 e. The first-order valence-corrected chi connectivity index (χ1v) is 9.59. The van der Waals surface area contributed by atoms with Gasteiger partial charge in [-0.25, -0.2) is 4.79 Å². The van der Waals surface area contributed by atoms with E-state index >= 15 is 0 Å². The fourth-order valence-corrected chi connectivity index (χ4v) is 3.26. The van der Waals surface area contributed by atoms with Crippen LogP contribution in [0, 0.1) is 17.8 Å². The van der Waals surface area contributed by atoms with Crippen molar-refractivity contribution in [1.82, 2.24) is 16.0 Å². The molecule has 0 unspecified atom stereocenters. The first kappa shape index (κ1) is 21.9. The maximum Gasteiger partial charge on any atom is 0.326 e. The topological polar surface area (TPSA) is 134 Å². The lowest BCUT2D eigenvalue weighted by atomic mass is 9.81. The monoisotopic (exact) mass is 395 g/mol. The molecule has 0 bridgehead atoms. The number of carboxylic acid groups (broad SMARTS) is 1. The molecule has 4 N–H and O–H groups in total. The number of ether oxygens (including phenoxy) is 1. The third-order valence-corrected chi connectivity index (χ3v) is 5.64. The summed E-state index contributed by atoms with van der Waals surface area (Å²) in [6.45, 7) is 5.49. The Morgan fingerprint density at radius 2 is 1.93 bits per heavy atom. The highest BCUT2D eigenvalue weighted by Gasteiger charge is 2.50. The summed E-state index contributed by atoms with van der Waals surface area (Å²) in [5.74, 6) is -2.89. The SMILES string of the molecule is CC[C@H](C)[C@@H]1C(=O)O[C@H]1C(=O)N[C@H]1C=C[C@@H]1C[C@H](NC(=O)[C@H](C)NC)C(=O)O. The van der Waals surface area contributed by atoms with E-state index in [0.717, 1.165) is 6.42 Å². The molecule has 2 amide bonds. The third-order valence-electron chi connectivity index (χ3n) is 5.64. The Balaban J connectivity index is 1.90. The molecule has 0 spiro atoms. The lowest BCUT2D eigenvalue weighted by Crippen LogP contribution is -2.59. The molecule has 2 aliphatic rings. The second kappa shape index (κ2) is 9.18. The molecule has 0 radical (unpaired) electrons. The Kier molecular flexibility index (Phi) is 7.17. The summed E-state index contributed by atoms with van der Waals surface area (Å²) >= 11 is 0. The lowest BCUT2D eigenvalue weighted by Gasteiger charge is -2.39. The van der Waals surface area contributed by atoms with Crippen molar-refractivity contribution in [2.75, 3.05) is 7.05 Å².